The number of nitrogens with two attached hydrogens (primary N) is 1. The second kappa shape index (κ2) is 18.7. The summed E-state index contributed by atoms with van der Waals surface area (Å²) in [5, 5.41) is 2.27. The minimum Gasteiger partial charge on any atom is -0.352 e. The molecule has 0 saturated carbocycles. The Kier molecular flexibility index (Phi) is 18.3. The highest BCUT2D eigenvalue weighted by atomic mass is 31.2. The molecule has 0 saturated heterocycles. The first-order chi connectivity index (χ1) is 13.0. The summed E-state index contributed by atoms with van der Waals surface area (Å²) < 4.78 is 21.2. The Morgan fingerprint density at radius 2 is 1.22 bits per heavy atom. The zero-order valence-corrected chi connectivity index (χ0v) is 18.0. The number of carbonyl (C=O) groups excluding carboxylic acids is 1. The van der Waals surface area contributed by atoms with Crippen molar-refractivity contribution in [1.82, 2.24) is 5.32 Å². The van der Waals surface area contributed by atoms with Crippen molar-refractivity contribution >= 4 is 13.9 Å². The molecule has 1 unspecified atom stereocenters. The van der Waals surface area contributed by atoms with E-state index in [0.717, 1.165) is 19.3 Å². The van der Waals surface area contributed by atoms with Gasteiger partial charge in [-0.2, -0.15) is 0 Å². The van der Waals surface area contributed by atoms with Crippen LogP contribution >= 0.6 is 7.82 Å². The van der Waals surface area contributed by atoms with E-state index in [2.05, 4.69) is 12.2 Å². The number of hydrogen-bond acceptors (Lipinski definition) is 4. The molecule has 0 bridgehead atoms. The Morgan fingerprint density at radius 3 is 1.67 bits per heavy atom. The highest BCUT2D eigenvalue weighted by Crippen LogP contribution is 2.42. The Labute approximate surface area is 165 Å². The first kappa shape index (κ1) is 26.4. The van der Waals surface area contributed by atoms with Gasteiger partial charge in [0.1, 0.15) is 0 Å². The Morgan fingerprint density at radius 1 is 0.815 bits per heavy atom. The van der Waals surface area contributed by atoms with Crippen LogP contribution in [-0.2, 0) is 13.6 Å². The van der Waals surface area contributed by atoms with Crippen LogP contribution in [0.3, 0.4) is 0 Å². The van der Waals surface area contributed by atoms with Crippen LogP contribution in [0, 0.1) is 0 Å². The van der Waals surface area contributed by atoms with Crippen molar-refractivity contribution in [1.29, 1.82) is 0 Å². The van der Waals surface area contributed by atoms with E-state index < -0.39 is 13.9 Å². The van der Waals surface area contributed by atoms with Crippen molar-refractivity contribution in [2.24, 2.45) is 5.73 Å². The number of hydrogen-bond donors (Lipinski definition) is 3. The van der Waals surface area contributed by atoms with E-state index in [1.165, 1.54) is 70.6 Å². The molecule has 0 aliphatic carbocycles. The summed E-state index contributed by atoms with van der Waals surface area (Å²) in [5.74, 6) is 0. The number of carbonyl (C=O) groups is 1. The molecule has 0 aliphatic rings. The van der Waals surface area contributed by atoms with E-state index in [0.29, 0.717) is 0 Å². The normalized spacial score (nSPS) is 13.4. The first-order valence-corrected chi connectivity index (χ1v) is 12.1. The molecule has 0 aromatic heterocycles. The van der Waals surface area contributed by atoms with Gasteiger partial charge in [-0.3, -0.25) is 9.05 Å². The zero-order chi connectivity index (χ0) is 20.2. The van der Waals surface area contributed by atoms with Gasteiger partial charge in [0.25, 0.3) is 0 Å². The summed E-state index contributed by atoms with van der Waals surface area (Å²) in [6.45, 7) is 2.41. The third-order valence-corrected chi connectivity index (χ3v) is 5.43. The lowest BCUT2D eigenvalue weighted by Crippen LogP contribution is -2.31. The lowest BCUT2D eigenvalue weighted by molar-refractivity contribution is 0.148. The summed E-state index contributed by atoms with van der Waals surface area (Å²) >= 11 is 0. The van der Waals surface area contributed by atoms with Gasteiger partial charge in [-0.1, -0.05) is 90.4 Å². The van der Waals surface area contributed by atoms with Crippen molar-refractivity contribution in [2.45, 2.75) is 96.8 Å². The summed E-state index contributed by atoms with van der Waals surface area (Å²) in [4.78, 5) is 19.9. The molecule has 0 aromatic rings. The van der Waals surface area contributed by atoms with Crippen LogP contribution in [0.25, 0.3) is 0 Å². The zero-order valence-electron chi connectivity index (χ0n) is 17.1. The van der Waals surface area contributed by atoms with Crippen molar-refractivity contribution < 1.29 is 23.3 Å². The smallest absolute Gasteiger partial charge is 0.352 e. The Bertz CT molecular complexity index is 396. The SMILES string of the molecule is CCCCCCCCCCCCCCCCOP(=O)(O)OCCNC(N)=O. The second-order valence-corrected chi connectivity index (χ2v) is 8.48. The van der Waals surface area contributed by atoms with Gasteiger partial charge < -0.3 is 15.9 Å². The predicted molar refractivity (Wildman–Crippen MR) is 110 cm³/mol. The van der Waals surface area contributed by atoms with Gasteiger partial charge in [0.2, 0.25) is 0 Å². The van der Waals surface area contributed by atoms with Crippen LogP contribution < -0.4 is 11.1 Å². The lowest BCUT2D eigenvalue weighted by Gasteiger charge is -2.12. The summed E-state index contributed by atoms with van der Waals surface area (Å²) in [6.07, 6.45) is 17.6. The lowest BCUT2D eigenvalue weighted by atomic mass is 10.0. The standard InChI is InChI=1S/C19H41N2O5P/c1-2-3-4-5-6-7-8-9-10-11-12-13-14-15-17-25-27(23,24)26-18-16-21-19(20)22/h2-18H2,1H3,(H,23,24)(H3,20,21,22). The molecule has 0 fully saturated rings. The van der Waals surface area contributed by atoms with Gasteiger partial charge in [0, 0.05) is 6.54 Å². The van der Waals surface area contributed by atoms with Crippen LogP contribution in [0.15, 0.2) is 0 Å². The molecule has 1 atom stereocenters. The molecular formula is C19H41N2O5P. The molecule has 162 valence electrons. The topological polar surface area (TPSA) is 111 Å². The van der Waals surface area contributed by atoms with Crippen molar-refractivity contribution in [3.63, 3.8) is 0 Å². The largest absolute Gasteiger partial charge is 0.472 e. The van der Waals surface area contributed by atoms with Crippen LogP contribution in [0.2, 0.25) is 0 Å². The predicted octanol–water partition coefficient (Wildman–Crippen LogP) is 5.27. The molecule has 0 radical (unpaired) electrons. The van der Waals surface area contributed by atoms with Gasteiger partial charge in [-0.25, -0.2) is 9.36 Å². The fourth-order valence-electron chi connectivity index (χ4n) is 2.85. The Hall–Kier alpha value is -0.620. The van der Waals surface area contributed by atoms with Crippen LogP contribution in [-0.4, -0.2) is 30.7 Å². The summed E-state index contributed by atoms with van der Waals surface area (Å²) in [7, 11) is -4.03. The maximum absolute atomic E-state index is 11.6. The quantitative estimate of drug-likeness (QED) is 0.188. The van der Waals surface area contributed by atoms with E-state index in [-0.39, 0.29) is 19.8 Å². The molecule has 2 amide bonds. The molecule has 27 heavy (non-hydrogen) atoms. The minimum absolute atomic E-state index is 0.0715. The van der Waals surface area contributed by atoms with Crippen LogP contribution in [0.4, 0.5) is 4.79 Å². The highest BCUT2D eigenvalue weighted by Gasteiger charge is 2.20. The van der Waals surface area contributed by atoms with E-state index in [1.807, 2.05) is 0 Å². The van der Waals surface area contributed by atoms with E-state index in [4.69, 9.17) is 14.8 Å². The molecule has 0 spiro atoms. The fourth-order valence-corrected chi connectivity index (χ4v) is 3.61. The minimum atomic E-state index is -4.03. The molecule has 0 aliphatic heterocycles. The number of phosphoric ester groups is 1. The van der Waals surface area contributed by atoms with Crippen molar-refractivity contribution in [3.05, 3.63) is 0 Å². The monoisotopic (exact) mass is 408 g/mol. The van der Waals surface area contributed by atoms with Crippen molar-refractivity contribution in [3.8, 4) is 0 Å². The molecule has 8 heteroatoms. The van der Waals surface area contributed by atoms with Gasteiger partial charge in [-0.05, 0) is 6.42 Å². The average molecular weight is 409 g/mol. The number of unbranched alkanes of at least 4 members (excludes halogenated alkanes) is 13. The molecule has 0 rings (SSSR count). The molecule has 7 nitrogen and oxygen atoms in total. The average Bonchev–Trinajstić information content (AvgIpc) is 2.62. The number of amides is 2. The van der Waals surface area contributed by atoms with Gasteiger partial charge in [0.15, 0.2) is 0 Å². The fraction of sp³-hybridized carbons (Fsp3) is 0.947. The molecule has 4 N–H and O–H groups in total. The maximum atomic E-state index is 11.6. The molecular weight excluding hydrogens is 367 g/mol. The van der Waals surface area contributed by atoms with E-state index >= 15 is 0 Å². The van der Waals surface area contributed by atoms with E-state index in [1.54, 1.807) is 0 Å². The first-order valence-electron chi connectivity index (χ1n) is 10.6. The number of nitrogens with one attached hydrogen (secondary N) is 1. The number of urea groups is 1. The maximum Gasteiger partial charge on any atom is 0.472 e. The van der Waals surface area contributed by atoms with Gasteiger partial charge >= 0.3 is 13.9 Å². The van der Waals surface area contributed by atoms with E-state index in [9.17, 15) is 14.3 Å². The highest BCUT2D eigenvalue weighted by molar-refractivity contribution is 7.47. The second-order valence-electron chi connectivity index (χ2n) is 7.02. The summed E-state index contributed by atoms with van der Waals surface area (Å²) in [6, 6.07) is -0.699. The molecule has 0 aromatic carbocycles. The van der Waals surface area contributed by atoms with Gasteiger partial charge in [0.05, 0.1) is 13.2 Å². The van der Waals surface area contributed by atoms with Crippen LogP contribution in [0.5, 0.6) is 0 Å². The van der Waals surface area contributed by atoms with Gasteiger partial charge in [-0.15, -0.1) is 0 Å². The molecule has 0 heterocycles. The number of primary amides is 1. The third kappa shape index (κ3) is 21.5. The summed E-state index contributed by atoms with van der Waals surface area (Å²) in [5.41, 5.74) is 4.87. The number of rotatable bonds is 20. The van der Waals surface area contributed by atoms with Crippen molar-refractivity contribution in [2.75, 3.05) is 19.8 Å². The third-order valence-electron chi connectivity index (χ3n) is 4.41. The number of phosphoric acid groups is 1. The Balaban J connectivity index is 3.27. The van der Waals surface area contributed by atoms with Crippen LogP contribution in [0.1, 0.15) is 96.8 Å².